The van der Waals surface area contributed by atoms with Crippen molar-refractivity contribution in [1.82, 2.24) is 15.1 Å². The highest BCUT2D eigenvalue weighted by Crippen LogP contribution is 2.37. The van der Waals surface area contributed by atoms with Crippen LogP contribution in [0.25, 0.3) is 0 Å². The van der Waals surface area contributed by atoms with E-state index in [1.165, 1.54) is 29.7 Å². The Labute approximate surface area is 188 Å². The normalized spacial score (nSPS) is 28.5. The number of hydrogen-bond acceptors (Lipinski definition) is 4. The van der Waals surface area contributed by atoms with E-state index in [-0.39, 0.29) is 23.8 Å². The summed E-state index contributed by atoms with van der Waals surface area (Å²) in [6, 6.07) is 15.9. The standard InChI is InChI=1S/C25H31N3O2S/c29-24(19-8-4-12-27(17-19)25(30)23-9-5-13-31-23)26-20-14-21-10-11-22(15-20)28(21)16-18-6-2-1-3-7-18/h1-3,5-7,9,13,19-22H,4,8,10-12,14-17H2,(H,26,29). The van der Waals surface area contributed by atoms with Crippen molar-refractivity contribution in [1.29, 1.82) is 0 Å². The van der Waals surface area contributed by atoms with Gasteiger partial charge in [-0.2, -0.15) is 0 Å². The Morgan fingerprint density at radius 3 is 2.48 bits per heavy atom. The highest BCUT2D eigenvalue weighted by atomic mass is 32.1. The Kier molecular flexibility index (Phi) is 6.10. The summed E-state index contributed by atoms with van der Waals surface area (Å²) in [7, 11) is 0. The van der Waals surface area contributed by atoms with Gasteiger partial charge in [-0.05, 0) is 55.5 Å². The van der Waals surface area contributed by atoms with Gasteiger partial charge in [-0.25, -0.2) is 0 Å². The monoisotopic (exact) mass is 437 g/mol. The van der Waals surface area contributed by atoms with Crippen molar-refractivity contribution in [3.63, 3.8) is 0 Å². The van der Waals surface area contributed by atoms with Gasteiger partial charge in [0.25, 0.3) is 5.91 Å². The molecule has 0 saturated carbocycles. The van der Waals surface area contributed by atoms with Crippen molar-refractivity contribution in [2.75, 3.05) is 13.1 Å². The average molecular weight is 438 g/mol. The molecule has 1 aromatic heterocycles. The van der Waals surface area contributed by atoms with Crippen LogP contribution in [-0.2, 0) is 11.3 Å². The quantitative estimate of drug-likeness (QED) is 0.772. The molecule has 2 aromatic rings. The molecule has 31 heavy (non-hydrogen) atoms. The second kappa shape index (κ2) is 9.13. The van der Waals surface area contributed by atoms with Gasteiger partial charge < -0.3 is 10.2 Å². The number of nitrogens with zero attached hydrogens (tertiary/aromatic N) is 2. The highest BCUT2D eigenvalue weighted by Gasteiger charge is 2.41. The van der Waals surface area contributed by atoms with Gasteiger partial charge in [-0.1, -0.05) is 36.4 Å². The number of nitrogens with one attached hydrogen (secondary N) is 1. The second-order valence-electron chi connectivity index (χ2n) is 9.29. The maximum Gasteiger partial charge on any atom is 0.263 e. The number of hydrogen-bond donors (Lipinski definition) is 1. The minimum atomic E-state index is -0.0855. The number of amides is 2. The number of benzene rings is 1. The molecule has 0 radical (unpaired) electrons. The summed E-state index contributed by atoms with van der Waals surface area (Å²) in [6.07, 6.45) is 6.32. The van der Waals surface area contributed by atoms with E-state index in [4.69, 9.17) is 0 Å². The van der Waals surface area contributed by atoms with Crippen LogP contribution in [0.5, 0.6) is 0 Å². The van der Waals surface area contributed by atoms with Crippen molar-refractivity contribution >= 4 is 23.2 Å². The number of thiophene rings is 1. The minimum Gasteiger partial charge on any atom is -0.353 e. The SMILES string of the molecule is O=C(NC1CC2CCC(C1)N2Cc1ccccc1)C1CCCN(C(=O)c2cccs2)C1. The van der Waals surface area contributed by atoms with E-state index in [9.17, 15) is 9.59 Å². The molecule has 1 aromatic carbocycles. The molecule has 5 nitrogen and oxygen atoms in total. The Morgan fingerprint density at radius 2 is 1.77 bits per heavy atom. The van der Waals surface area contributed by atoms with Gasteiger partial charge in [0, 0.05) is 37.8 Å². The number of rotatable bonds is 5. The predicted octanol–water partition coefficient (Wildman–Crippen LogP) is 3.91. The van der Waals surface area contributed by atoms with Crippen LogP contribution in [0, 0.1) is 5.92 Å². The minimum absolute atomic E-state index is 0.0692. The lowest BCUT2D eigenvalue weighted by atomic mass is 9.93. The molecule has 1 N–H and O–H groups in total. The average Bonchev–Trinajstić information content (AvgIpc) is 3.41. The lowest BCUT2D eigenvalue weighted by Gasteiger charge is -2.40. The van der Waals surface area contributed by atoms with Gasteiger partial charge >= 0.3 is 0 Å². The molecule has 0 spiro atoms. The van der Waals surface area contributed by atoms with Gasteiger partial charge in [0.05, 0.1) is 10.8 Å². The van der Waals surface area contributed by atoms with Gasteiger partial charge in [-0.15, -0.1) is 11.3 Å². The molecular formula is C25H31N3O2S. The van der Waals surface area contributed by atoms with Crippen molar-refractivity contribution < 1.29 is 9.59 Å². The van der Waals surface area contributed by atoms with Crippen LogP contribution >= 0.6 is 11.3 Å². The Balaban J connectivity index is 1.16. The molecule has 3 saturated heterocycles. The molecule has 5 rings (SSSR count). The lowest BCUT2D eigenvalue weighted by Crippen LogP contribution is -2.52. The van der Waals surface area contributed by atoms with E-state index in [2.05, 4.69) is 40.5 Å². The summed E-state index contributed by atoms with van der Waals surface area (Å²) in [4.78, 5) is 31.1. The van der Waals surface area contributed by atoms with Crippen molar-refractivity contribution in [2.45, 2.75) is 63.2 Å². The first kappa shape index (κ1) is 20.7. The summed E-state index contributed by atoms with van der Waals surface area (Å²) in [5, 5.41) is 5.30. The molecular weight excluding hydrogens is 406 g/mol. The van der Waals surface area contributed by atoms with Crippen molar-refractivity contribution in [3.05, 3.63) is 58.3 Å². The lowest BCUT2D eigenvalue weighted by molar-refractivity contribution is -0.127. The Morgan fingerprint density at radius 1 is 1.00 bits per heavy atom. The number of likely N-dealkylation sites (tertiary alicyclic amines) is 1. The number of carbonyl (C=O) groups is 2. The molecule has 3 atom stereocenters. The van der Waals surface area contributed by atoms with Crippen LogP contribution in [-0.4, -0.2) is 52.8 Å². The third kappa shape index (κ3) is 4.55. The van der Waals surface area contributed by atoms with Gasteiger partial charge in [-0.3, -0.25) is 14.5 Å². The van der Waals surface area contributed by atoms with Gasteiger partial charge in [0.15, 0.2) is 0 Å². The summed E-state index contributed by atoms with van der Waals surface area (Å²) >= 11 is 1.47. The molecule has 3 unspecified atom stereocenters. The first-order chi connectivity index (χ1) is 15.2. The fraction of sp³-hybridized carbons (Fsp3) is 0.520. The Hall–Kier alpha value is -2.18. The highest BCUT2D eigenvalue weighted by molar-refractivity contribution is 7.12. The first-order valence-corrected chi connectivity index (χ1v) is 12.5. The maximum absolute atomic E-state index is 13.1. The molecule has 3 aliphatic heterocycles. The zero-order valence-electron chi connectivity index (χ0n) is 17.9. The summed E-state index contributed by atoms with van der Waals surface area (Å²) in [5.74, 6) is 0.127. The zero-order chi connectivity index (χ0) is 21.2. The molecule has 164 valence electrons. The van der Waals surface area contributed by atoms with Crippen LogP contribution in [0.3, 0.4) is 0 Å². The third-order valence-corrected chi connectivity index (χ3v) is 8.11. The number of carbonyl (C=O) groups excluding carboxylic acids is 2. The predicted molar refractivity (Wildman–Crippen MR) is 123 cm³/mol. The second-order valence-corrected chi connectivity index (χ2v) is 10.2. The smallest absolute Gasteiger partial charge is 0.263 e. The molecule has 4 heterocycles. The fourth-order valence-corrected chi connectivity index (χ4v) is 6.39. The topological polar surface area (TPSA) is 52.7 Å². The molecule has 3 aliphatic rings. The molecule has 2 bridgehead atoms. The zero-order valence-corrected chi connectivity index (χ0v) is 18.7. The van der Waals surface area contributed by atoms with E-state index in [0.29, 0.717) is 18.6 Å². The maximum atomic E-state index is 13.1. The fourth-order valence-electron chi connectivity index (χ4n) is 5.70. The van der Waals surface area contributed by atoms with E-state index < -0.39 is 0 Å². The van der Waals surface area contributed by atoms with E-state index in [0.717, 1.165) is 43.6 Å². The van der Waals surface area contributed by atoms with Crippen LogP contribution in [0.2, 0.25) is 0 Å². The van der Waals surface area contributed by atoms with E-state index >= 15 is 0 Å². The number of fused-ring (bicyclic) bond motifs is 2. The first-order valence-electron chi connectivity index (χ1n) is 11.6. The van der Waals surface area contributed by atoms with Crippen molar-refractivity contribution in [3.8, 4) is 0 Å². The molecule has 2 amide bonds. The summed E-state index contributed by atoms with van der Waals surface area (Å²) in [6.45, 7) is 2.31. The third-order valence-electron chi connectivity index (χ3n) is 7.25. The summed E-state index contributed by atoms with van der Waals surface area (Å²) in [5.41, 5.74) is 1.37. The Bertz CT molecular complexity index is 887. The van der Waals surface area contributed by atoms with E-state index in [1.54, 1.807) is 0 Å². The van der Waals surface area contributed by atoms with Crippen LogP contribution in [0.1, 0.15) is 53.8 Å². The van der Waals surface area contributed by atoms with E-state index in [1.807, 2.05) is 22.4 Å². The molecule has 0 aliphatic carbocycles. The molecule has 3 fully saturated rings. The number of piperidine rings is 2. The molecule has 6 heteroatoms. The van der Waals surface area contributed by atoms with Crippen LogP contribution < -0.4 is 5.32 Å². The van der Waals surface area contributed by atoms with Crippen molar-refractivity contribution in [2.24, 2.45) is 5.92 Å². The van der Waals surface area contributed by atoms with Gasteiger partial charge in [0.1, 0.15) is 0 Å². The van der Waals surface area contributed by atoms with Gasteiger partial charge in [0.2, 0.25) is 5.91 Å². The van der Waals surface area contributed by atoms with Crippen LogP contribution in [0.15, 0.2) is 47.8 Å². The largest absolute Gasteiger partial charge is 0.353 e. The van der Waals surface area contributed by atoms with Crippen LogP contribution in [0.4, 0.5) is 0 Å². The summed E-state index contributed by atoms with van der Waals surface area (Å²) < 4.78 is 0.